The van der Waals surface area contributed by atoms with E-state index < -0.39 is 5.82 Å². The third-order valence-electron chi connectivity index (χ3n) is 4.14. The second kappa shape index (κ2) is 7.22. The highest BCUT2D eigenvalue weighted by Crippen LogP contribution is 2.28. The quantitative estimate of drug-likeness (QED) is 0.759. The minimum Gasteiger partial charge on any atom is -0.324 e. The number of anilines is 1. The number of carbonyl (C=O) groups is 1. The van der Waals surface area contributed by atoms with Gasteiger partial charge in [-0.2, -0.15) is 0 Å². The van der Waals surface area contributed by atoms with Crippen molar-refractivity contribution in [2.24, 2.45) is 0 Å². The van der Waals surface area contributed by atoms with Crippen LogP contribution in [0.2, 0.25) is 0 Å². The van der Waals surface area contributed by atoms with Crippen LogP contribution in [0.15, 0.2) is 42.5 Å². The number of pyridine rings is 1. The standard InChI is InChI=1S/C21H22FN3O/c1-13-8-19(16-7-5-6-15(9-16)12-25(3)4)24-20-11-21(23-14(2)26)18(22)10-17(13)20/h5-11H,12H2,1-4H3,(H,23,26). The van der Waals surface area contributed by atoms with Gasteiger partial charge in [0.05, 0.1) is 16.9 Å². The Hall–Kier alpha value is -2.79. The van der Waals surface area contributed by atoms with Crippen LogP contribution in [-0.4, -0.2) is 29.9 Å². The molecule has 0 aliphatic carbocycles. The monoisotopic (exact) mass is 351 g/mol. The minimum atomic E-state index is -0.460. The number of halogens is 1. The van der Waals surface area contributed by atoms with Crippen molar-refractivity contribution in [2.45, 2.75) is 20.4 Å². The normalized spacial score (nSPS) is 11.2. The number of fused-ring (bicyclic) bond motifs is 1. The maximum Gasteiger partial charge on any atom is 0.221 e. The molecule has 0 atom stereocenters. The molecular weight excluding hydrogens is 329 g/mol. The Labute approximate surface area is 152 Å². The van der Waals surface area contributed by atoms with Crippen LogP contribution in [0.25, 0.3) is 22.2 Å². The molecule has 0 saturated carbocycles. The molecule has 5 heteroatoms. The molecule has 0 fully saturated rings. The molecule has 26 heavy (non-hydrogen) atoms. The predicted molar refractivity (Wildman–Crippen MR) is 104 cm³/mol. The van der Waals surface area contributed by atoms with Gasteiger partial charge in [0.25, 0.3) is 0 Å². The molecule has 134 valence electrons. The Balaban J connectivity index is 2.10. The molecular formula is C21H22FN3O. The number of hydrogen-bond donors (Lipinski definition) is 1. The number of aromatic nitrogens is 1. The molecule has 2 aromatic carbocycles. The highest BCUT2D eigenvalue weighted by atomic mass is 19.1. The van der Waals surface area contributed by atoms with E-state index in [0.29, 0.717) is 5.52 Å². The number of amides is 1. The van der Waals surface area contributed by atoms with Gasteiger partial charge < -0.3 is 10.2 Å². The molecule has 3 rings (SSSR count). The first kappa shape index (κ1) is 18.0. The molecule has 1 amide bonds. The first-order valence-corrected chi connectivity index (χ1v) is 8.46. The van der Waals surface area contributed by atoms with Gasteiger partial charge in [0.15, 0.2) is 0 Å². The van der Waals surface area contributed by atoms with E-state index in [-0.39, 0.29) is 11.6 Å². The molecule has 0 unspecified atom stereocenters. The van der Waals surface area contributed by atoms with Crippen LogP contribution in [0.1, 0.15) is 18.1 Å². The van der Waals surface area contributed by atoms with Crippen LogP contribution in [-0.2, 0) is 11.3 Å². The number of nitrogens with zero attached hydrogens (tertiary/aromatic N) is 2. The van der Waals surface area contributed by atoms with Gasteiger partial charge in [-0.25, -0.2) is 9.37 Å². The fourth-order valence-electron chi connectivity index (χ4n) is 3.04. The van der Waals surface area contributed by atoms with E-state index in [0.717, 1.165) is 28.8 Å². The van der Waals surface area contributed by atoms with Gasteiger partial charge in [-0.05, 0) is 56.4 Å². The van der Waals surface area contributed by atoms with Crippen LogP contribution in [0.4, 0.5) is 10.1 Å². The Morgan fingerprint density at radius 1 is 1.19 bits per heavy atom. The van der Waals surface area contributed by atoms with Gasteiger partial charge in [0.2, 0.25) is 5.91 Å². The third-order valence-corrected chi connectivity index (χ3v) is 4.14. The van der Waals surface area contributed by atoms with E-state index in [4.69, 9.17) is 4.98 Å². The number of hydrogen-bond acceptors (Lipinski definition) is 3. The molecule has 1 N–H and O–H groups in total. The number of aryl methyl sites for hydroxylation is 1. The van der Waals surface area contributed by atoms with Gasteiger partial charge in [-0.1, -0.05) is 18.2 Å². The van der Waals surface area contributed by atoms with Gasteiger partial charge in [0, 0.05) is 24.4 Å². The summed E-state index contributed by atoms with van der Waals surface area (Å²) in [5.41, 5.74) is 4.79. The summed E-state index contributed by atoms with van der Waals surface area (Å²) in [5, 5.41) is 3.26. The van der Waals surface area contributed by atoms with Crippen molar-refractivity contribution in [3.8, 4) is 11.3 Å². The number of carbonyl (C=O) groups excluding carboxylic acids is 1. The average molecular weight is 351 g/mol. The number of nitrogens with one attached hydrogen (secondary N) is 1. The molecule has 0 aliphatic heterocycles. The van der Waals surface area contributed by atoms with Gasteiger partial charge in [-0.3, -0.25) is 4.79 Å². The molecule has 4 nitrogen and oxygen atoms in total. The van der Waals surface area contributed by atoms with Crippen molar-refractivity contribution in [3.63, 3.8) is 0 Å². The van der Waals surface area contributed by atoms with Crippen molar-refractivity contribution in [1.29, 1.82) is 0 Å². The van der Waals surface area contributed by atoms with E-state index in [1.807, 2.05) is 39.2 Å². The van der Waals surface area contributed by atoms with Gasteiger partial charge in [-0.15, -0.1) is 0 Å². The van der Waals surface area contributed by atoms with E-state index in [9.17, 15) is 9.18 Å². The first-order chi connectivity index (χ1) is 12.3. The van der Waals surface area contributed by atoms with Crippen molar-refractivity contribution in [2.75, 3.05) is 19.4 Å². The van der Waals surface area contributed by atoms with E-state index in [1.165, 1.54) is 18.6 Å². The summed E-state index contributed by atoms with van der Waals surface area (Å²) in [6.07, 6.45) is 0. The van der Waals surface area contributed by atoms with Crippen molar-refractivity contribution in [3.05, 3.63) is 59.4 Å². The SMILES string of the molecule is CC(=O)Nc1cc2nc(-c3cccc(CN(C)C)c3)cc(C)c2cc1F. The summed E-state index contributed by atoms with van der Waals surface area (Å²) in [7, 11) is 4.06. The first-order valence-electron chi connectivity index (χ1n) is 8.46. The number of rotatable bonds is 4. The summed E-state index contributed by atoms with van der Waals surface area (Å²) in [4.78, 5) is 18.1. The maximum atomic E-state index is 14.2. The molecule has 1 aromatic heterocycles. The van der Waals surface area contributed by atoms with Crippen molar-refractivity contribution in [1.82, 2.24) is 9.88 Å². The average Bonchev–Trinajstić information content (AvgIpc) is 2.55. The van der Waals surface area contributed by atoms with Gasteiger partial charge >= 0.3 is 0 Å². The van der Waals surface area contributed by atoms with E-state index in [1.54, 1.807) is 6.07 Å². The third kappa shape index (κ3) is 3.89. The van der Waals surface area contributed by atoms with E-state index >= 15 is 0 Å². The topological polar surface area (TPSA) is 45.2 Å². The minimum absolute atomic E-state index is 0.149. The zero-order valence-corrected chi connectivity index (χ0v) is 15.4. The molecule has 0 spiro atoms. The smallest absolute Gasteiger partial charge is 0.221 e. The van der Waals surface area contributed by atoms with E-state index in [2.05, 4.69) is 22.3 Å². The lowest BCUT2D eigenvalue weighted by atomic mass is 10.0. The molecule has 0 saturated heterocycles. The Kier molecular flexibility index (Phi) is 5.00. The van der Waals surface area contributed by atoms with Crippen LogP contribution in [0, 0.1) is 12.7 Å². The van der Waals surface area contributed by atoms with Crippen LogP contribution in [0.5, 0.6) is 0 Å². The zero-order chi connectivity index (χ0) is 18.8. The van der Waals surface area contributed by atoms with Crippen molar-refractivity contribution < 1.29 is 9.18 Å². The fourth-order valence-corrected chi connectivity index (χ4v) is 3.04. The summed E-state index contributed by atoms with van der Waals surface area (Å²) >= 11 is 0. The van der Waals surface area contributed by atoms with Crippen molar-refractivity contribution >= 4 is 22.5 Å². The van der Waals surface area contributed by atoms with Gasteiger partial charge in [0.1, 0.15) is 5.82 Å². The molecule has 3 aromatic rings. The summed E-state index contributed by atoms with van der Waals surface area (Å²) in [5.74, 6) is -0.772. The second-order valence-corrected chi connectivity index (χ2v) is 6.79. The molecule has 0 radical (unpaired) electrons. The highest BCUT2D eigenvalue weighted by Gasteiger charge is 2.11. The summed E-state index contributed by atoms with van der Waals surface area (Å²) in [6, 6.07) is 13.2. The Morgan fingerprint density at radius 3 is 2.65 bits per heavy atom. The van der Waals surface area contributed by atoms with Crippen LogP contribution >= 0.6 is 0 Å². The lowest BCUT2D eigenvalue weighted by Crippen LogP contribution is -2.10. The van der Waals surface area contributed by atoms with Crippen LogP contribution < -0.4 is 5.32 Å². The zero-order valence-electron chi connectivity index (χ0n) is 15.4. The summed E-state index contributed by atoms with van der Waals surface area (Å²) < 4.78 is 14.2. The second-order valence-electron chi connectivity index (χ2n) is 6.79. The number of benzene rings is 2. The predicted octanol–water partition coefficient (Wildman–Crippen LogP) is 4.37. The van der Waals surface area contributed by atoms with Crippen LogP contribution in [0.3, 0.4) is 0 Å². The molecule has 1 heterocycles. The largest absolute Gasteiger partial charge is 0.324 e. The highest BCUT2D eigenvalue weighted by molar-refractivity contribution is 5.93. The Morgan fingerprint density at radius 2 is 1.96 bits per heavy atom. The Bertz CT molecular complexity index is 982. The maximum absolute atomic E-state index is 14.2. The summed E-state index contributed by atoms with van der Waals surface area (Å²) in [6.45, 7) is 4.14. The lowest BCUT2D eigenvalue weighted by molar-refractivity contribution is -0.114. The molecule has 0 aliphatic rings. The fraction of sp³-hybridized carbons (Fsp3) is 0.238. The molecule has 0 bridgehead atoms. The lowest BCUT2D eigenvalue weighted by Gasteiger charge is -2.12.